The van der Waals surface area contributed by atoms with Crippen LogP contribution in [0.25, 0.3) is 0 Å². The summed E-state index contributed by atoms with van der Waals surface area (Å²) in [5.41, 5.74) is 0.702. The molecule has 0 spiro atoms. The molecule has 6 nitrogen and oxygen atoms in total. The minimum absolute atomic E-state index is 0.0388. The molecule has 2 heterocycles. The minimum atomic E-state index is -0.920. The first-order valence-corrected chi connectivity index (χ1v) is 7.02. The SMILES string of the molecule is CCC(OC(=O)c1cccnc1Cl)C(=O)Nc1ccncc1. The number of nitrogens with one attached hydrogen (secondary N) is 1. The first-order chi connectivity index (χ1) is 10.6. The Morgan fingerprint density at radius 3 is 2.64 bits per heavy atom. The molecule has 0 aliphatic rings. The van der Waals surface area contributed by atoms with E-state index >= 15 is 0 Å². The van der Waals surface area contributed by atoms with E-state index in [1.165, 1.54) is 12.3 Å². The van der Waals surface area contributed by atoms with E-state index in [0.29, 0.717) is 12.1 Å². The lowest BCUT2D eigenvalue weighted by Gasteiger charge is -2.16. The van der Waals surface area contributed by atoms with Crippen molar-refractivity contribution in [3.8, 4) is 0 Å². The molecule has 2 aromatic rings. The molecule has 0 bridgehead atoms. The van der Waals surface area contributed by atoms with E-state index in [-0.39, 0.29) is 10.7 Å². The fourth-order valence-corrected chi connectivity index (χ4v) is 1.91. The molecule has 1 unspecified atom stereocenters. The highest BCUT2D eigenvalue weighted by Gasteiger charge is 2.23. The topological polar surface area (TPSA) is 81.2 Å². The Hall–Kier alpha value is -2.47. The quantitative estimate of drug-likeness (QED) is 0.677. The number of pyridine rings is 2. The lowest BCUT2D eigenvalue weighted by molar-refractivity contribution is -0.124. The molecule has 1 N–H and O–H groups in total. The molecule has 7 heteroatoms. The second kappa shape index (κ2) is 7.51. The van der Waals surface area contributed by atoms with Crippen LogP contribution in [0.5, 0.6) is 0 Å². The van der Waals surface area contributed by atoms with Crippen LogP contribution in [0, 0.1) is 0 Å². The fraction of sp³-hybridized carbons (Fsp3) is 0.200. The Labute approximate surface area is 132 Å². The highest BCUT2D eigenvalue weighted by Crippen LogP contribution is 2.15. The molecular weight excluding hydrogens is 306 g/mol. The normalized spacial score (nSPS) is 11.5. The second-order valence-corrected chi connectivity index (χ2v) is 4.73. The molecule has 0 saturated heterocycles. The molecule has 0 saturated carbocycles. The number of carbonyl (C=O) groups is 2. The highest BCUT2D eigenvalue weighted by molar-refractivity contribution is 6.32. The molecular formula is C15H14ClN3O3. The predicted octanol–water partition coefficient (Wildman–Crippen LogP) is 2.70. The summed E-state index contributed by atoms with van der Waals surface area (Å²) in [6, 6.07) is 6.35. The number of carbonyl (C=O) groups excluding carboxylic acids is 2. The largest absolute Gasteiger partial charge is 0.449 e. The first-order valence-electron chi connectivity index (χ1n) is 6.64. The van der Waals surface area contributed by atoms with Crippen molar-refractivity contribution in [3.63, 3.8) is 0 Å². The van der Waals surface area contributed by atoms with Crippen molar-refractivity contribution in [1.82, 2.24) is 9.97 Å². The summed E-state index contributed by atoms with van der Waals surface area (Å²) in [5.74, 6) is -1.10. The Kier molecular flexibility index (Phi) is 5.43. The van der Waals surface area contributed by atoms with Crippen LogP contribution in [0.1, 0.15) is 23.7 Å². The molecule has 0 aliphatic heterocycles. The molecule has 1 atom stereocenters. The third-order valence-corrected chi connectivity index (χ3v) is 3.14. The molecule has 2 rings (SSSR count). The predicted molar refractivity (Wildman–Crippen MR) is 81.6 cm³/mol. The van der Waals surface area contributed by atoms with Gasteiger partial charge in [0.05, 0.1) is 5.56 Å². The summed E-state index contributed by atoms with van der Waals surface area (Å²) in [4.78, 5) is 31.9. The van der Waals surface area contributed by atoms with E-state index in [1.54, 1.807) is 37.5 Å². The number of esters is 1. The van der Waals surface area contributed by atoms with Gasteiger partial charge < -0.3 is 10.1 Å². The van der Waals surface area contributed by atoms with Crippen molar-refractivity contribution < 1.29 is 14.3 Å². The zero-order valence-electron chi connectivity index (χ0n) is 11.8. The second-order valence-electron chi connectivity index (χ2n) is 4.37. The third-order valence-electron chi connectivity index (χ3n) is 2.84. The fourth-order valence-electron chi connectivity index (χ4n) is 1.71. The molecule has 114 valence electrons. The van der Waals surface area contributed by atoms with E-state index in [0.717, 1.165) is 0 Å². The molecule has 2 aromatic heterocycles. The molecule has 0 aliphatic carbocycles. The van der Waals surface area contributed by atoms with Crippen LogP contribution < -0.4 is 5.32 Å². The van der Waals surface area contributed by atoms with Gasteiger partial charge in [-0.05, 0) is 30.7 Å². The maximum absolute atomic E-state index is 12.1. The molecule has 0 aromatic carbocycles. The number of halogens is 1. The van der Waals surface area contributed by atoms with E-state index in [2.05, 4.69) is 15.3 Å². The number of ether oxygens (including phenoxy) is 1. The average molecular weight is 320 g/mol. The molecule has 0 radical (unpaired) electrons. The van der Waals surface area contributed by atoms with Crippen molar-refractivity contribution in [2.75, 3.05) is 5.32 Å². The van der Waals surface area contributed by atoms with Crippen LogP contribution in [0.4, 0.5) is 5.69 Å². The zero-order valence-corrected chi connectivity index (χ0v) is 12.6. The van der Waals surface area contributed by atoms with Crippen molar-refractivity contribution >= 4 is 29.2 Å². The lowest BCUT2D eigenvalue weighted by Crippen LogP contribution is -2.32. The van der Waals surface area contributed by atoms with E-state index in [9.17, 15) is 9.59 Å². The molecule has 1 amide bonds. The monoisotopic (exact) mass is 319 g/mol. The van der Waals surface area contributed by atoms with Crippen LogP contribution in [-0.2, 0) is 9.53 Å². The Morgan fingerprint density at radius 1 is 1.27 bits per heavy atom. The van der Waals surface area contributed by atoms with Crippen LogP contribution >= 0.6 is 11.6 Å². The van der Waals surface area contributed by atoms with E-state index in [4.69, 9.17) is 16.3 Å². The number of amides is 1. The van der Waals surface area contributed by atoms with Gasteiger partial charge in [0.2, 0.25) is 0 Å². The maximum Gasteiger partial charge on any atom is 0.342 e. The summed E-state index contributed by atoms with van der Waals surface area (Å²) in [6.07, 6.45) is 3.99. The lowest BCUT2D eigenvalue weighted by atomic mass is 10.2. The van der Waals surface area contributed by atoms with E-state index < -0.39 is 18.0 Å². The van der Waals surface area contributed by atoms with Gasteiger partial charge >= 0.3 is 5.97 Å². The Bertz CT molecular complexity index is 664. The number of aromatic nitrogens is 2. The average Bonchev–Trinajstić information content (AvgIpc) is 2.53. The Morgan fingerprint density at radius 2 is 2.00 bits per heavy atom. The van der Waals surface area contributed by atoms with Gasteiger partial charge in [0.15, 0.2) is 6.10 Å². The number of anilines is 1. The van der Waals surface area contributed by atoms with Crippen molar-refractivity contribution in [3.05, 3.63) is 53.6 Å². The molecule has 22 heavy (non-hydrogen) atoms. The highest BCUT2D eigenvalue weighted by atomic mass is 35.5. The number of nitrogens with zero attached hydrogens (tertiary/aromatic N) is 2. The number of rotatable bonds is 5. The molecule has 0 fully saturated rings. The smallest absolute Gasteiger partial charge is 0.342 e. The van der Waals surface area contributed by atoms with Gasteiger partial charge in [-0.3, -0.25) is 9.78 Å². The van der Waals surface area contributed by atoms with Crippen molar-refractivity contribution in [1.29, 1.82) is 0 Å². The van der Waals surface area contributed by atoms with Gasteiger partial charge in [0.1, 0.15) is 5.15 Å². The zero-order chi connectivity index (χ0) is 15.9. The third kappa shape index (κ3) is 4.02. The summed E-state index contributed by atoms with van der Waals surface area (Å²) in [6.45, 7) is 1.74. The van der Waals surface area contributed by atoms with Gasteiger partial charge in [0.25, 0.3) is 5.91 Å². The Balaban J connectivity index is 2.04. The number of hydrogen-bond acceptors (Lipinski definition) is 5. The van der Waals surface area contributed by atoms with E-state index in [1.807, 2.05) is 0 Å². The minimum Gasteiger partial charge on any atom is -0.449 e. The summed E-state index contributed by atoms with van der Waals surface area (Å²) in [7, 11) is 0. The van der Waals surface area contributed by atoms with Crippen LogP contribution in [0.15, 0.2) is 42.9 Å². The van der Waals surface area contributed by atoms with Crippen LogP contribution in [-0.4, -0.2) is 27.9 Å². The van der Waals surface area contributed by atoms with Crippen molar-refractivity contribution in [2.24, 2.45) is 0 Å². The first kappa shape index (κ1) is 15.9. The van der Waals surface area contributed by atoms with Crippen LogP contribution in [0.2, 0.25) is 5.15 Å². The number of hydrogen-bond donors (Lipinski definition) is 1. The van der Waals surface area contributed by atoms with Gasteiger partial charge in [-0.15, -0.1) is 0 Å². The van der Waals surface area contributed by atoms with Crippen molar-refractivity contribution in [2.45, 2.75) is 19.4 Å². The summed E-state index contributed by atoms with van der Waals surface area (Å²) in [5, 5.41) is 2.70. The maximum atomic E-state index is 12.1. The summed E-state index contributed by atoms with van der Waals surface area (Å²) < 4.78 is 5.21. The van der Waals surface area contributed by atoms with Gasteiger partial charge in [-0.25, -0.2) is 9.78 Å². The van der Waals surface area contributed by atoms with Gasteiger partial charge in [-0.1, -0.05) is 18.5 Å². The van der Waals surface area contributed by atoms with Crippen LogP contribution in [0.3, 0.4) is 0 Å². The summed E-state index contributed by atoms with van der Waals surface area (Å²) >= 11 is 5.84. The standard InChI is InChI=1S/C15H14ClN3O3/c1-2-12(14(20)19-10-5-8-17-9-6-10)22-15(21)11-4-3-7-18-13(11)16/h3-9,12H,2H2,1H3,(H,17,19,20). The van der Waals surface area contributed by atoms with Gasteiger partial charge in [-0.2, -0.15) is 0 Å². The van der Waals surface area contributed by atoms with Gasteiger partial charge in [0, 0.05) is 24.3 Å².